The Morgan fingerprint density at radius 2 is 1.04 bits per heavy atom. The molecule has 0 saturated heterocycles. The van der Waals surface area contributed by atoms with Gasteiger partial charge in [0, 0.05) is 0 Å². The SMILES string of the molecule is CC=C(C)CCCN(CCCCCCCC)CCCCCCCC. The fraction of sp³-hybridized carbons (Fsp3) is 0.913. The number of hydrogen-bond donors (Lipinski definition) is 0. The van der Waals surface area contributed by atoms with Crippen molar-refractivity contribution in [1.29, 1.82) is 0 Å². The summed E-state index contributed by atoms with van der Waals surface area (Å²) in [5.41, 5.74) is 1.55. The predicted octanol–water partition coefficient (Wildman–Crippen LogP) is 7.76. The van der Waals surface area contributed by atoms with E-state index < -0.39 is 0 Å². The molecule has 0 spiro atoms. The predicted molar refractivity (Wildman–Crippen MR) is 112 cm³/mol. The smallest absolute Gasteiger partial charge is 0.00157 e. The van der Waals surface area contributed by atoms with Gasteiger partial charge in [-0.25, -0.2) is 0 Å². The molecule has 0 rings (SSSR count). The van der Waals surface area contributed by atoms with Crippen molar-refractivity contribution in [3.05, 3.63) is 11.6 Å². The van der Waals surface area contributed by atoms with E-state index in [1.54, 1.807) is 5.57 Å². The third kappa shape index (κ3) is 16.6. The molecule has 0 aromatic carbocycles. The first-order chi connectivity index (χ1) is 11.7. The highest BCUT2D eigenvalue weighted by Crippen LogP contribution is 2.11. The van der Waals surface area contributed by atoms with Crippen LogP contribution in [0.4, 0.5) is 0 Å². The van der Waals surface area contributed by atoms with Gasteiger partial charge in [0.15, 0.2) is 0 Å². The van der Waals surface area contributed by atoms with Crippen LogP contribution in [0.15, 0.2) is 11.6 Å². The van der Waals surface area contributed by atoms with Crippen molar-refractivity contribution in [1.82, 2.24) is 4.90 Å². The van der Waals surface area contributed by atoms with E-state index in [9.17, 15) is 0 Å². The highest BCUT2D eigenvalue weighted by molar-refractivity contribution is 4.95. The second-order valence-electron chi connectivity index (χ2n) is 7.62. The Morgan fingerprint density at radius 1 is 0.625 bits per heavy atom. The Bertz CT molecular complexity index is 253. The fourth-order valence-electron chi connectivity index (χ4n) is 3.29. The van der Waals surface area contributed by atoms with Crippen molar-refractivity contribution in [3.8, 4) is 0 Å². The molecule has 0 fully saturated rings. The molecule has 0 amide bonds. The lowest BCUT2D eigenvalue weighted by Gasteiger charge is -2.22. The van der Waals surface area contributed by atoms with Crippen LogP contribution in [0.5, 0.6) is 0 Å². The maximum absolute atomic E-state index is 2.75. The minimum absolute atomic E-state index is 1.28. The molecule has 0 unspecified atom stereocenters. The molecular formula is C23H47N. The summed E-state index contributed by atoms with van der Waals surface area (Å²) >= 11 is 0. The minimum atomic E-state index is 1.28. The van der Waals surface area contributed by atoms with Gasteiger partial charge in [0.1, 0.15) is 0 Å². The maximum Gasteiger partial charge on any atom is -0.00157 e. The van der Waals surface area contributed by atoms with E-state index in [4.69, 9.17) is 0 Å². The zero-order valence-electron chi connectivity index (χ0n) is 17.5. The van der Waals surface area contributed by atoms with Crippen LogP contribution < -0.4 is 0 Å². The van der Waals surface area contributed by atoms with E-state index >= 15 is 0 Å². The minimum Gasteiger partial charge on any atom is -0.303 e. The molecule has 0 N–H and O–H groups in total. The molecule has 0 heterocycles. The normalized spacial score (nSPS) is 12.3. The molecule has 0 aromatic heterocycles. The van der Waals surface area contributed by atoms with Gasteiger partial charge >= 0.3 is 0 Å². The van der Waals surface area contributed by atoms with Crippen LogP contribution in [0, 0.1) is 0 Å². The first-order valence-corrected chi connectivity index (χ1v) is 11.1. The number of allylic oxidation sites excluding steroid dienone is 2. The van der Waals surface area contributed by atoms with E-state index in [1.165, 1.54) is 110 Å². The lowest BCUT2D eigenvalue weighted by Crippen LogP contribution is -2.27. The summed E-state index contributed by atoms with van der Waals surface area (Å²) in [6, 6.07) is 0. The van der Waals surface area contributed by atoms with Gasteiger partial charge in [0.25, 0.3) is 0 Å². The zero-order valence-corrected chi connectivity index (χ0v) is 17.5. The summed E-state index contributed by atoms with van der Waals surface area (Å²) in [7, 11) is 0. The molecule has 0 atom stereocenters. The Kier molecular flexibility index (Phi) is 18.8. The third-order valence-electron chi connectivity index (χ3n) is 5.19. The zero-order chi connectivity index (χ0) is 17.9. The Hall–Kier alpha value is -0.300. The highest BCUT2D eigenvalue weighted by atomic mass is 15.1. The summed E-state index contributed by atoms with van der Waals surface area (Å²) in [5, 5.41) is 0. The molecule has 0 aliphatic heterocycles. The van der Waals surface area contributed by atoms with Crippen molar-refractivity contribution < 1.29 is 0 Å². The third-order valence-corrected chi connectivity index (χ3v) is 5.19. The van der Waals surface area contributed by atoms with Crippen LogP contribution in [-0.2, 0) is 0 Å². The summed E-state index contributed by atoms with van der Waals surface area (Å²) in [6.45, 7) is 13.0. The average Bonchev–Trinajstić information content (AvgIpc) is 2.60. The van der Waals surface area contributed by atoms with Crippen molar-refractivity contribution in [2.75, 3.05) is 19.6 Å². The average molecular weight is 338 g/mol. The molecule has 0 aromatic rings. The molecule has 144 valence electrons. The largest absolute Gasteiger partial charge is 0.303 e. The standard InChI is InChI=1S/C23H47N/c1-5-8-10-12-14-16-20-24(22-18-19-23(4)7-3)21-17-15-13-11-9-6-2/h7H,5-6,8-22H2,1-4H3. The monoisotopic (exact) mass is 337 g/mol. The molecule has 0 saturated carbocycles. The van der Waals surface area contributed by atoms with Crippen LogP contribution in [-0.4, -0.2) is 24.5 Å². The number of nitrogens with zero attached hydrogens (tertiary/aromatic N) is 1. The van der Waals surface area contributed by atoms with Crippen molar-refractivity contribution in [3.63, 3.8) is 0 Å². The van der Waals surface area contributed by atoms with Gasteiger partial charge in [-0.2, -0.15) is 0 Å². The Labute approximate surface area is 154 Å². The van der Waals surface area contributed by atoms with Gasteiger partial charge in [-0.3, -0.25) is 0 Å². The summed E-state index contributed by atoms with van der Waals surface area (Å²) < 4.78 is 0. The summed E-state index contributed by atoms with van der Waals surface area (Å²) in [6.07, 6.45) is 21.9. The van der Waals surface area contributed by atoms with Crippen LogP contribution in [0.3, 0.4) is 0 Å². The van der Waals surface area contributed by atoms with E-state index in [-0.39, 0.29) is 0 Å². The maximum atomic E-state index is 2.75. The number of hydrogen-bond acceptors (Lipinski definition) is 1. The van der Waals surface area contributed by atoms with Gasteiger partial charge in [0.2, 0.25) is 0 Å². The summed E-state index contributed by atoms with van der Waals surface area (Å²) in [5.74, 6) is 0. The van der Waals surface area contributed by atoms with Gasteiger partial charge in [-0.05, 0) is 59.2 Å². The molecule has 1 heteroatoms. The first-order valence-electron chi connectivity index (χ1n) is 11.1. The molecule has 0 aliphatic rings. The van der Waals surface area contributed by atoms with E-state index in [1.807, 2.05) is 0 Å². The van der Waals surface area contributed by atoms with Crippen LogP contribution in [0.2, 0.25) is 0 Å². The molecule has 1 nitrogen and oxygen atoms in total. The second-order valence-corrected chi connectivity index (χ2v) is 7.62. The quantitative estimate of drug-likeness (QED) is 0.182. The van der Waals surface area contributed by atoms with E-state index in [2.05, 4.69) is 38.7 Å². The van der Waals surface area contributed by atoms with Crippen molar-refractivity contribution in [2.45, 2.75) is 118 Å². The number of unbranched alkanes of at least 4 members (excludes halogenated alkanes) is 10. The second kappa shape index (κ2) is 19.0. The lowest BCUT2D eigenvalue weighted by molar-refractivity contribution is 0.257. The highest BCUT2D eigenvalue weighted by Gasteiger charge is 2.05. The van der Waals surface area contributed by atoms with Crippen LogP contribution in [0.25, 0.3) is 0 Å². The molecule has 0 bridgehead atoms. The first kappa shape index (κ1) is 23.7. The lowest BCUT2D eigenvalue weighted by atomic mass is 10.1. The Morgan fingerprint density at radius 3 is 1.50 bits per heavy atom. The van der Waals surface area contributed by atoms with Gasteiger partial charge in [-0.1, -0.05) is 89.7 Å². The van der Waals surface area contributed by atoms with Crippen LogP contribution in [0.1, 0.15) is 118 Å². The van der Waals surface area contributed by atoms with E-state index in [0.717, 1.165) is 0 Å². The Balaban J connectivity index is 3.86. The molecule has 24 heavy (non-hydrogen) atoms. The molecule has 0 aliphatic carbocycles. The summed E-state index contributed by atoms with van der Waals surface area (Å²) in [4.78, 5) is 2.75. The topological polar surface area (TPSA) is 3.24 Å². The van der Waals surface area contributed by atoms with Gasteiger partial charge in [0.05, 0.1) is 0 Å². The van der Waals surface area contributed by atoms with Crippen molar-refractivity contribution in [2.24, 2.45) is 0 Å². The molecule has 0 radical (unpaired) electrons. The van der Waals surface area contributed by atoms with Gasteiger partial charge < -0.3 is 4.90 Å². The van der Waals surface area contributed by atoms with Crippen LogP contribution >= 0.6 is 0 Å². The van der Waals surface area contributed by atoms with Gasteiger partial charge in [-0.15, -0.1) is 0 Å². The van der Waals surface area contributed by atoms with Crippen molar-refractivity contribution >= 4 is 0 Å². The molecular weight excluding hydrogens is 290 g/mol. The van der Waals surface area contributed by atoms with E-state index in [0.29, 0.717) is 0 Å². The fourth-order valence-corrected chi connectivity index (χ4v) is 3.29. The number of rotatable bonds is 18.